The molecule has 2 rings (SSSR count). The van der Waals surface area contributed by atoms with Crippen LogP contribution in [0.1, 0.15) is 21.7 Å². The van der Waals surface area contributed by atoms with Gasteiger partial charge in [-0.1, -0.05) is 18.2 Å². The Labute approximate surface area is 127 Å². The fraction of sp³-hybridized carbons (Fsp3) is 0.400. The van der Waals surface area contributed by atoms with Crippen molar-refractivity contribution in [2.45, 2.75) is 13.3 Å². The molecule has 1 aromatic carbocycles. The number of aliphatic hydroxyl groups excluding tert-OH is 1. The predicted octanol–water partition coefficient (Wildman–Crippen LogP) is 1.92. The first-order valence-electron chi connectivity index (χ1n) is 6.89. The van der Waals surface area contributed by atoms with Gasteiger partial charge < -0.3 is 20.9 Å². The van der Waals surface area contributed by atoms with Gasteiger partial charge >= 0.3 is 0 Å². The van der Waals surface area contributed by atoms with Crippen molar-refractivity contribution in [1.82, 2.24) is 5.32 Å². The summed E-state index contributed by atoms with van der Waals surface area (Å²) in [6.07, 6.45) is 0.704. The highest BCUT2D eigenvalue weighted by molar-refractivity contribution is 7.21. The Morgan fingerprint density at radius 3 is 2.95 bits per heavy atom. The molecule has 0 fully saturated rings. The van der Waals surface area contributed by atoms with E-state index < -0.39 is 0 Å². The molecule has 114 valence electrons. The number of carbonyl (C=O) groups excluding carboxylic acids is 1. The molecule has 0 unspecified atom stereocenters. The lowest BCUT2D eigenvalue weighted by molar-refractivity contribution is 0.0869. The minimum absolute atomic E-state index is 0.0179. The third-order valence-corrected chi connectivity index (χ3v) is 4.50. The summed E-state index contributed by atoms with van der Waals surface area (Å²) in [6, 6.07) is 5.90. The van der Waals surface area contributed by atoms with Crippen LogP contribution in [0.25, 0.3) is 10.1 Å². The monoisotopic (exact) mass is 308 g/mol. The van der Waals surface area contributed by atoms with E-state index in [0.717, 1.165) is 15.6 Å². The largest absolute Gasteiger partial charge is 0.397 e. The number of benzene rings is 1. The second-order valence-corrected chi connectivity index (χ2v) is 5.76. The van der Waals surface area contributed by atoms with Gasteiger partial charge in [0.15, 0.2) is 0 Å². The summed E-state index contributed by atoms with van der Waals surface area (Å²) in [7, 11) is 0. The lowest BCUT2D eigenvalue weighted by Gasteiger charge is -2.05. The highest BCUT2D eigenvalue weighted by Crippen LogP contribution is 2.35. The number of hydrogen-bond donors (Lipinski definition) is 3. The molecule has 0 radical (unpaired) electrons. The zero-order valence-electron chi connectivity index (χ0n) is 12.0. The Kier molecular flexibility index (Phi) is 5.55. The Balaban J connectivity index is 1.97. The molecular formula is C15H20N2O3S. The highest BCUT2D eigenvalue weighted by atomic mass is 32.1. The quantitative estimate of drug-likeness (QED) is 0.682. The SMILES string of the molecule is Cc1cccc2c(N)c(C(=O)NCCCOCCO)sc12. The zero-order valence-corrected chi connectivity index (χ0v) is 12.8. The van der Waals surface area contributed by atoms with Crippen LogP contribution >= 0.6 is 11.3 Å². The van der Waals surface area contributed by atoms with Gasteiger partial charge in [-0.3, -0.25) is 4.79 Å². The number of ether oxygens (including phenoxy) is 1. The predicted molar refractivity (Wildman–Crippen MR) is 85.8 cm³/mol. The van der Waals surface area contributed by atoms with Gasteiger partial charge in [0.05, 0.1) is 18.9 Å². The molecule has 6 heteroatoms. The van der Waals surface area contributed by atoms with Crippen LogP contribution < -0.4 is 11.1 Å². The molecule has 0 saturated heterocycles. The molecule has 0 aliphatic carbocycles. The summed E-state index contributed by atoms with van der Waals surface area (Å²) in [4.78, 5) is 12.7. The van der Waals surface area contributed by atoms with Crippen LogP contribution in [-0.4, -0.2) is 37.4 Å². The van der Waals surface area contributed by atoms with E-state index in [9.17, 15) is 4.79 Å². The van der Waals surface area contributed by atoms with Gasteiger partial charge in [-0.2, -0.15) is 0 Å². The van der Waals surface area contributed by atoms with Crippen molar-refractivity contribution in [1.29, 1.82) is 0 Å². The molecule has 0 spiro atoms. The van der Waals surface area contributed by atoms with Gasteiger partial charge in [0, 0.05) is 23.2 Å². The maximum Gasteiger partial charge on any atom is 0.263 e. The van der Waals surface area contributed by atoms with Crippen LogP contribution in [0, 0.1) is 6.92 Å². The molecule has 1 amide bonds. The lowest BCUT2D eigenvalue weighted by Crippen LogP contribution is -2.25. The fourth-order valence-electron chi connectivity index (χ4n) is 2.07. The van der Waals surface area contributed by atoms with Gasteiger partial charge in [-0.05, 0) is 18.9 Å². The van der Waals surface area contributed by atoms with Gasteiger partial charge in [-0.15, -0.1) is 11.3 Å². The second-order valence-electron chi connectivity index (χ2n) is 4.74. The maximum atomic E-state index is 12.2. The number of fused-ring (bicyclic) bond motifs is 1. The second kappa shape index (κ2) is 7.40. The van der Waals surface area contributed by atoms with E-state index in [1.165, 1.54) is 11.3 Å². The normalized spacial score (nSPS) is 11.0. The molecular weight excluding hydrogens is 288 g/mol. The topological polar surface area (TPSA) is 84.6 Å². The number of rotatable bonds is 7. The van der Waals surface area contributed by atoms with Crippen LogP contribution in [0.3, 0.4) is 0 Å². The Hall–Kier alpha value is -1.63. The Morgan fingerprint density at radius 2 is 2.24 bits per heavy atom. The number of nitrogens with one attached hydrogen (secondary N) is 1. The van der Waals surface area contributed by atoms with Crippen molar-refractivity contribution in [2.75, 3.05) is 32.1 Å². The molecule has 0 aliphatic rings. The molecule has 5 nitrogen and oxygen atoms in total. The van der Waals surface area contributed by atoms with E-state index in [1.807, 2.05) is 25.1 Å². The number of thiophene rings is 1. The summed E-state index contributed by atoms with van der Waals surface area (Å²) < 4.78 is 6.20. The number of anilines is 1. The average Bonchev–Trinajstić information content (AvgIpc) is 2.82. The molecule has 1 aromatic heterocycles. The van der Waals surface area contributed by atoms with E-state index >= 15 is 0 Å². The van der Waals surface area contributed by atoms with Gasteiger partial charge in [0.1, 0.15) is 4.88 Å². The van der Waals surface area contributed by atoms with E-state index in [1.54, 1.807) is 0 Å². The smallest absolute Gasteiger partial charge is 0.263 e. The van der Waals surface area contributed by atoms with Crippen LogP contribution in [-0.2, 0) is 4.74 Å². The van der Waals surface area contributed by atoms with Gasteiger partial charge in [0.25, 0.3) is 5.91 Å². The first-order valence-corrected chi connectivity index (χ1v) is 7.71. The number of carbonyl (C=O) groups is 1. The summed E-state index contributed by atoms with van der Waals surface area (Å²) in [6.45, 7) is 3.40. The molecule has 0 bridgehead atoms. The Morgan fingerprint density at radius 1 is 1.43 bits per heavy atom. The van der Waals surface area contributed by atoms with Crippen LogP contribution in [0.4, 0.5) is 5.69 Å². The van der Waals surface area contributed by atoms with E-state index in [2.05, 4.69) is 5.32 Å². The maximum absolute atomic E-state index is 12.2. The van der Waals surface area contributed by atoms with Crippen LogP contribution in [0.5, 0.6) is 0 Å². The number of aryl methyl sites for hydroxylation is 1. The highest BCUT2D eigenvalue weighted by Gasteiger charge is 2.16. The van der Waals surface area contributed by atoms with Crippen molar-refractivity contribution in [3.05, 3.63) is 28.6 Å². The lowest BCUT2D eigenvalue weighted by atomic mass is 10.1. The summed E-state index contributed by atoms with van der Waals surface area (Å²) in [5.41, 5.74) is 7.75. The first kappa shape index (κ1) is 15.8. The van der Waals surface area contributed by atoms with Crippen molar-refractivity contribution >= 4 is 33.0 Å². The van der Waals surface area contributed by atoms with Crippen molar-refractivity contribution in [3.8, 4) is 0 Å². The first-order chi connectivity index (χ1) is 10.1. The van der Waals surface area contributed by atoms with Crippen molar-refractivity contribution < 1.29 is 14.6 Å². The zero-order chi connectivity index (χ0) is 15.2. The van der Waals surface area contributed by atoms with E-state index in [0.29, 0.717) is 36.7 Å². The Bertz CT molecular complexity index is 625. The molecule has 0 atom stereocenters. The molecule has 0 aliphatic heterocycles. The summed E-state index contributed by atoms with van der Waals surface area (Å²) in [5, 5.41) is 12.4. The number of aliphatic hydroxyl groups is 1. The molecule has 0 saturated carbocycles. The van der Waals surface area contributed by atoms with Gasteiger partial charge in [-0.25, -0.2) is 0 Å². The number of amides is 1. The molecule has 4 N–H and O–H groups in total. The van der Waals surface area contributed by atoms with E-state index in [-0.39, 0.29) is 12.5 Å². The van der Waals surface area contributed by atoms with Gasteiger partial charge in [0.2, 0.25) is 0 Å². The van der Waals surface area contributed by atoms with Crippen molar-refractivity contribution in [2.24, 2.45) is 0 Å². The molecule has 21 heavy (non-hydrogen) atoms. The third-order valence-electron chi connectivity index (χ3n) is 3.14. The summed E-state index contributed by atoms with van der Waals surface area (Å²) in [5.74, 6) is -0.143. The minimum atomic E-state index is -0.143. The summed E-state index contributed by atoms with van der Waals surface area (Å²) >= 11 is 1.43. The number of nitrogen functional groups attached to an aromatic ring is 1. The number of hydrogen-bond acceptors (Lipinski definition) is 5. The van der Waals surface area contributed by atoms with Crippen LogP contribution in [0.15, 0.2) is 18.2 Å². The standard InChI is InChI=1S/C15H20N2O3S/c1-10-4-2-5-11-12(16)14(21-13(10)11)15(19)17-6-3-8-20-9-7-18/h2,4-5,18H,3,6-9,16H2,1H3,(H,17,19). The average molecular weight is 308 g/mol. The van der Waals surface area contributed by atoms with Crippen LogP contribution in [0.2, 0.25) is 0 Å². The molecule has 2 aromatic rings. The third kappa shape index (κ3) is 3.72. The van der Waals surface area contributed by atoms with Crippen molar-refractivity contribution in [3.63, 3.8) is 0 Å². The number of nitrogens with two attached hydrogens (primary N) is 1. The fourth-order valence-corrected chi connectivity index (χ4v) is 3.18. The minimum Gasteiger partial charge on any atom is -0.397 e. The molecule has 1 heterocycles. The van der Waals surface area contributed by atoms with E-state index in [4.69, 9.17) is 15.6 Å².